The Morgan fingerprint density at radius 3 is 2.58 bits per heavy atom. The number of carbonyl (C=O) groups is 1. The van der Waals surface area contributed by atoms with Crippen molar-refractivity contribution in [1.82, 2.24) is 15.1 Å². The van der Waals surface area contributed by atoms with Crippen molar-refractivity contribution in [3.63, 3.8) is 0 Å². The number of aromatic nitrogens is 2. The summed E-state index contributed by atoms with van der Waals surface area (Å²) >= 11 is 0. The van der Waals surface area contributed by atoms with Crippen molar-refractivity contribution in [2.75, 3.05) is 6.54 Å². The molecule has 0 fully saturated rings. The summed E-state index contributed by atoms with van der Waals surface area (Å²) in [5.41, 5.74) is 3.87. The van der Waals surface area contributed by atoms with Gasteiger partial charge >= 0.3 is 5.97 Å². The van der Waals surface area contributed by atoms with Crippen molar-refractivity contribution >= 4 is 5.97 Å². The average molecular weight is 329 g/mol. The molecule has 0 spiro atoms. The van der Waals surface area contributed by atoms with Gasteiger partial charge in [0.05, 0.1) is 11.6 Å². The van der Waals surface area contributed by atoms with Crippen LogP contribution in [0.25, 0.3) is 11.1 Å². The van der Waals surface area contributed by atoms with Crippen molar-refractivity contribution in [3.8, 4) is 11.1 Å². The van der Waals surface area contributed by atoms with Gasteiger partial charge in [-0.25, -0.2) is 0 Å². The van der Waals surface area contributed by atoms with Crippen LogP contribution in [0, 0.1) is 12.3 Å². The lowest BCUT2D eigenvalue weighted by molar-refractivity contribution is -0.149. The van der Waals surface area contributed by atoms with E-state index in [9.17, 15) is 9.90 Å². The minimum Gasteiger partial charge on any atom is -0.481 e. The van der Waals surface area contributed by atoms with E-state index in [0.717, 1.165) is 16.7 Å². The van der Waals surface area contributed by atoms with Crippen LogP contribution in [0.3, 0.4) is 0 Å². The van der Waals surface area contributed by atoms with Crippen LogP contribution in [0.5, 0.6) is 0 Å². The first-order valence-electron chi connectivity index (χ1n) is 8.44. The number of hydrogen-bond donors (Lipinski definition) is 2. The third kappa shape index (κ3) is 3.85. The Hall–Kier alpha value is -2.14. The molecule has 0 unspecified atom stereocenters. The highest BCUT2D eigenvalue weighted by atomic mass is 16.4. The molecule has 2 rings (SSSR count). The van der Waals surface area contributed by atoms with Gasteiger partial charge in [0.2, 0.25) is 0 Å². The zero-order valence-corrected chi connectivity index (χ0v) is 15.0. The number of rotatable bonds is 8. The number of benzene rings is 1. The van der Waals surface area contributed by atoms with Crippen LogP contribution < -0.4 is 5.32 Å². The van der Waals surface area contributed by atoms with Gasteiger partial charge in [0, 0.05) is 31.9 Å². The van der Waals surface area contributed by atoms with Crippen molar-refractivity contribution in [1.29, 1.82) is 0 Å². The molecule has 130 valence electrons. The molecule has 24 heavy (non-hydrogen) atoms. The largest absolute Gasteiger partial charge is 0.481 e. The fourth-order valence-corrected chi connectivity index (χ4v) is 2.99. The number of aryl methyl sites for hydroxylation is 2. The number of carboxylic acid groups (broad SMARTS) is 1. The maximum absolute atomic E-state index is 11.6. The Bertz CT molecular complexity index is 702. The third-order valence-corrected chi connectivity index (χ3v) is 4.87. The molecule has 5 nitrogen and oxygen atoms in total. The first kappa shape index (κ1) is 18.2. The molecular formula is C19H27N3O2. The summed E-state index contributed by atoms with van der Waals surface area (Å²) in [5.74, 6) is -0.726. The number of nitrogens with one attached hydrogen (secondary N) is 1. The maximum Gasteiger partial charge on any atom is 0.310 e. The summed E-state index contributed by atoms with van der Waals surface area (Å²) in [7, 11) is 1.90. The standard InChI is InChI=1S/C19H27N3O2/c1-5-19(6-2,18(23)24)13-20-10-15-8-7-14(3)9-17(15)16-11-21-22(4)12-16/h7-9,11-12,20H,5-6,10,13H2,1-4H3,(H,23,24). The highest BCUT2D eigenvalue weighted by Crippen LogP contribution is 2.27. The Balaban J connectivity index is 2.17. The number of carboxylic acids is 1. The van der Waals surface area contributed by atoms with E-state index < -0.39 is 11.4 Å². The van der Waals surface area contributed by atoms with E-state index in [4.69, 9.17) is 0 Å². The van der Waals surface area contributed by atoms with Crippen molar-refractivity contribution < 1.29 is 9.90 Å². The van der Waals surface area contributed by atoms with Gasteiger partial charge in [-0.2, -0.15) is 5.10 Å². The molecule has 2 N–H and O–H groups in total. The highest BCUT2D eigenvalue weighted by molar-refractivity contribution is 5.74. The number of hydrogen-bond acceptors (Lipinski definition) is 3. The lowest BCUT2D eigenvalue weighted by Crippen LogP contribution is -2.40. The lowest BCUT2D eigenvalue weighted by atomic mass is 9.82. The molecule has 0 aliphatic carbocycles. The van der Waals surface area contributed by atoms with E-state index in [1.807, 2.05) is 33.3 Å². The summed E-state index contributed by atoms with van der Waals surface area (Å²) < 4.78 is 1.79. The Labute approximate surface area is 143 Å². The first-order chi connectivity index (χ1) is 11.4. The molecule has 0 amide bonds. The second kappa shape index (κ2) is 7.62. The molecule has 0 radical (unpaired) electrons. The van der Waals surface area contributed by atoms with Gasteiger partial charge in [-0.05, 0) is 30.9 Å². The first-order valence-corrected chi connectivity index (χ1v) is 8.44. The molecule has 5 heteroatoms. The summed E-state index contributed by atoms with van der Waals surface area (Å²) in [6.45, 7) is 7.05. The topological polar surface area (TPSA) is 67.2 Å². The molecule has 0 bridgehead atoms. The van der Waals surface area contributed by atoms with Gasteiger partial charge in [0.1, 0.15) is 0 Å². The SMILES string of the molecule is CCC(CC)(CNCc1ccc(C)cc1-c1cnn(C)c1)C(=O)O. The van der Waals surface area contributed by atoms with Crippen molar-refractivity contribution in [2.45, 2.75) is 40.2 Å². The molecule has 0 atom stereocenters. The zero-order chi connectivity index (χ0) is 17.7. The van der Waals surface area contributed by atoms with Crippen LogP contribution in [0.2, 0.25) is 0 Å². The summed E-state index contributed by atoms with van der Waals surface area (Å²) in [4.78, 5) is 11.6. The molecular weight excluding hydrogens is 302 g/mol. The normalized spacial score (nSPS) is 11.7. The van der Waals surface area contributed by atoms with Gasteiger partial charge in [-0.3, -0.25) is 9.48 Å². The molecule has 1 heterocycles. The quantitative estimate of drug-likeness (QED) is 0.779. The summed E-state index contributed by atoms with van der Waals surface area (Å²) in [6, 6.07) is 6.34. The van der Waals surface area contributed by atoms with Crippen LogP contribution in [-0.2, 0) is 18.4 Å². The second-order valence-electron chi connectivity index (χ2n) is 6.46. The fraction of sp³-hybridized carbons (Fsp3) is 0.474. The molecule has 1 aromatic heterocycles. The highest BCUT2D eigenvalue weighted by Gasteiger charge is 2.34. The van der Waals surface area contributed by atoms with E-state index in [2.05, 4.69) is 35.5 Å². The van der Waals surface area contributed by atoms with E-state index in [1.165, 1.54) is 5.56 Å². The molecule has 0 saturated carbocycles. The van der Waals surface area contributed by atoms with Crippen molar-refractivity contribution in [2.24, 2.45) is 12.5 Å². The summed E-state index contributed by atoms with van der Waals surface area (Å²) in [5, 5.41) is 17.1. The van der Waals surface area contributed by atoms with Gasteiger partial charge < -0.3 is 10.4 Å². The third-order valence-electron chi connectivity index (χ3n) is 4.87. The van der Waals surface area contributed by atoms with Crippen LogP contribution in [-0.4, -0.2) is 27.4 Å². The van der Waals surface area contributed by atoms with Crippen molar-refractivity contribution in [3.05, 3.63) is 41.7 Å². The van der Waals surface area contributed by atoms with Gasteiger partial charge in [-0.15, -0.1) is 0 Å². The number of nitrogens with zero attached hydrogens (tertiary/aromatic N) is 2. The summed E-state index contributed by atoms with van der Waals surface area (Å²) in [6.07, 6.45) is 5.10. The Kier molecular flexibility index (Phi) is 5.78. The number of aliphatic carboxylic acids is 1. The minimum absolute atomic E-state index is 0.468. The molecule has 0 aliphatic rings. The smallest absolute Gasteiger partial charge is 0.310 e. The van der Waals surface area contributed by atoms with Crippen LogP contribution in [0.4, 0.5) is 0 Å². The van der Waals surface area contributed by atoms with Crippen LogP contribution in [0.15, 0.2) is 30.6 Å². The van der Waals surface area contributed by atoms with E-state index in [0.29, 0.717) is 25.9 Å². The maximum atomic E-state index is 11.6. The predicted octanol–water partition coefficient (Wildman–Crippen LogP) is 3.38. The van der Waals surface area contributed by atoms with E-state index >= 15 is 0 Å². The fourth-order valence-electron chi connectivity index (χ4n) is 2.99. The van der Waals surface area contributed by atoms with Crippen LogP contribution >= 0.6 is 0 Å². The van der Waals surface area contributed by atoms with E-state index in [1.54, 1.807) is 4.68 Å². The van der Waals surface area contributed by atoms with E-state index in [-0.39, 0.29) is 0 Å². The van der Waals surface area contributed by atoms with Crippen LogP contribution in [0.1, 0.15) is 37.8 Å². The average Bonchev–Trinajstić information content (AvgIpc) is 2.99. The molecule has 0 saturated heterocycles. The minimum atomic E-state index is -0.726. The van der Waals surface area contributed by atoms with Gasteiger partial charge in [-0.1, -0.05) is 37.6 Å². The van der Waals surface area contributed by atoms with Gasteiger partial charge in [0.15, 0.2) is 0 Å². The molecule has 2 aromatic rings. The molecule has 0 aliphatic heterocycles. The monoisotopic (exact) mass is 329 g/mol. The molecule has 1 aromatic carbocycles. The Morgan fingerprint density at radius 1 is 1.33 bits per heavy atom. The zero-order valence-electron chi connectivity index (χ0n) is 15.0. The Morgan fingerprint density at radius 2 is 2.04 bits per heavy atom. The lowest BCUT2D eigenvalue weighted by Gasteiger charge is -2.27. The second-order valence-corrected chi connectivity index (χ2v) is 6.46. The predicted molar refractivity (Wildman–Crippen MR) is 95.7 cm³/mol. The van der Waals surface area contributed by atoms with Gasteiger partial charge in [0.25, 0.3) is 0 Å².